The van der Waals surface area contributed by atoms with Gasteiger partial charge < -0.3 is 9.67 Å². The highest BCUT2D eigenvalue weighted by Gasteiger charge is 2.16. The van der Waals surface area contributed by atoms with Crippen molar-refractivity contribution < 1.29 is 9.90 Å². The number of aromatic nitrogens is 1. The highest BCUT2D eigenvalue weighted by atomic mass is 35.5. The van der Waals surface area contributed by atoms with Gasteiger partial charge in [-0.2, -0.15) is 0 Å². The molecule has 2 rings (SSSR count). The van der Waals surface area contributed by atoms with Crippen molar-refractivity contribution in [2.45, 2.75) is 13.0 Å². The van der Waals surface area contributed by atoms with Crippen LogP contribution in [0, 0.1) is 0 Å². The molecule has 1 N–H and O–H groups in total. The minimum Gasteiger partial charge on any atom is -0.480 e. The van der Waals surface area contributed by atoms with E-state index in [0.717, 1.165) is 10.9 Å². The molecule has 3 nitrogen and oxygen atoms in total. The van der Waals surface area contributed by atoms with Crippen LogP contribution in [0.25, 0.3) is 10.9 Å². The summed E-state index contributed by atoms with van der Waals surface area (Å²) in [6.45, 7) is 1.61. The van der Waals surface area contributed by atoms with Gasteiger partial charge in [-0.05, 0) is 25.1 Å². The highest BCUT2D eigenvalue weighted by Crippen LogP contribution is 2.30. The van der Waals surface area contributed by atoms with Crippen LogP contribution in [0.5, 0.6) is 0 Å². The van der Waals surface area contributed by atoms with E-state index < -0.39 is 12.0 Å². The Morgan fingerprint density at radius 1 is 1.44 bits per heavy atom. The Balaban J connectivity index is 2.69. The lowest BCUT2D eigenvalue weighted by Crippen LogP contribution is -2.14. The molecule has 0 spiro atoms. The zero-order valence-electron chi connectivity index (χ0n) is 8.45. The van der Waals surface area contributed by atoms with Crippen LogP contribution in [-0.2, 0) is 4.79 Å². The van der Waals surface area contributed by atoms with Gasteiger partial charge in [-0.15, -0.1) is 0 Å². The number of fused-ring (bicyclic) bond motifs is 1. The maximum atomic E-state index is 10.9. The smallest absolute Gasteiger partial charge is 0.326 e. The van der Waals surface area contributed by atoms with Gasteiger partial charge in [0.05, 0.1) is 10.5 Å². The minimum absolute atomic E-state index is 0.495. The molecule has 0 saturated heterocycles. The van der Waals surface area contributed by atoms with Gasteiger partial charge >= 0.3 is 5.97 Å². The molecule has 0 aliphatic rings. The van der Waals surface area contributed by atoms with Crippen molar-refractivity contribution in [1.29, 1.82) is 0 Å². The second-order valence-electron chi connectivity index (χ2n) is 3.56. The van der Waals surface area contributed by atoms with Crippen LogP contribution in [0.15, 0.2) is 24.4 Å². The Morgan fingerprint density at radius 3 is 2.75 bits per heavy atom. The molecule has 1 atom stereocenters. The van der Waals surface area contributed by atoms with Crippen molar-refractivity contribution in [3.05, 3.63) is 34.4 Å². The van der Waals surface area contributed by atoms with Crippen molar-refractivity contribution in [3.8, 4) is 0 Å². The van der Waals surface area contributed by atoms with Crippen molar-refractivity contribution in [3.63, 3.8) is 0 Å². The number of benzene rings is 1. The molecule has 2 aromatic rings. The zero-order chi connectivity index (χ0) is 11.9. The quantitative estimate of drug-likeness (QED) is 0.894. The summed E-state index contributed by atoms with van der Waals surface area (Å²) in [6.07, 6.45) is 1.70. The molecule has 0 radical (unpaired) electrons. The standard InChI is InChI=1S/C11H9Cl2NO2/c1-6(11(15)16)14-3-2-8-9(13)4-7(12)5-10(8)14/h2-6H,1H3,(H,15,16)/t6-/m0/s1. The number of halogens is 2. The number of rotatable bonds is 2. The van der Waals surface area contributed by atoms with Gasteiger partial charge in [-0.1, -0.05) is 23.2 Å². The molecule has 84 valence electrons. The molecule has 1 aromatic heterocycles. The van der Waals surface area contributed by atoms with Crippen LogP contribution < -0.4 is 0 Å². The molecule has 1 aromatic carbocycles. The van der Waals surface area contributed by atoms with Gasteiger partial charge in [0.25, 0.3) is 0 Å². The van der Waals surface area contributed by atoms with E-state index in [4.69, 9.17) is 28.3 Å². The maximum absolute atomic E-state index is 10.9. The number of nitrogens with zero attached hydrogens (tertiary/aromatic N) is 1. The Hall–Kier alpha value is -1.19. The lowest BCUT2D eigenvalue weighted by atomic mass is 10.2. The van der Waals surface area contributed by atoms with Crippen LogP contribution in [0.2, 0.25) is 10.0 Å². The van der Waals surface area contributed by atoms with Gasteiger partial charge in [0, 0.05) is 16.6 Å². The lowest BCUT2D eigenvalue weighted by Gasteiger charge is -2.10. The van der Waals surface area contributed by atoms with Crippen LogP contribution in [0.3, 0.4) is 0 Å². The number of hydrogen-bond donors (Lipinski definition) is 1. The highest BCUT2D eigenvalue weighted by molar-refractivity contribution is 6.38. The number of aliphatic carboxylic acids is 1. The number of carbonyl (C=O) groups is 1. The van der Waals surface area contributed by atoms with Crippen LogP contribution in [-0.4, -0.2) is 15.6 Å². The third-order valence-electron chi connectivity index (χ3n) is 2.53. The largest absolute Gasteiger partial charge is 0.480 e. The van der Waals surface area contributed by atoms with Crippen LogP contribution >= 0.6 is 23.2 Å². The summed E-state index contributed by atoms with van der Waals surface area (Å²) in [5.74, 6) is -0.895. The van der Waals surface area contributed by atoms with Crippen molar-refractivity contribution in [1.82, 2.24) is 4.57 Å². The summed E-state index contributed by atoms with van der Waals surface area (Å²) >= 11 is 11.9. The average molecular weight is 258 g/mol. The molecular weight excluding hydrogens is 249 g/mol. The molecule has 0 amide bonds. The fraction of sp³-hybridized carbons (Fsp3) is 0.182. The zero-order valence-corrected chi connectivity index (χ0v) is 9.96. The third-order valence-corrected chi connectivity index (χ3v) is 3.06. The number of hydrogen-bond acceptors (Lipinski definition) is 1. The second kappa shape index (κ2) is 4.00. The Morgan fingerprint density at radius 2 is 2.12 bits per heavy atom. The van der Waals surface area contributed by atoms with Gasteiger partial charge in [-0.3, -0.25) is 0 Å². The van der Waals surface area contributed by atoms with Crippen LogP contribution in [0.4, 0.5) is 0 Å². The normalized spacial score (nSPS) is 12.9. The Kier molecular flexibility index (Phi) is 2.82. The van der Waals surface area contributed by atoms with E-state index in [1.807, 2.05) is 0 Å². The maximum Gasteiger partial charge on any atom is 0.326 e. The summed E-state index contributed by atoms with van der Waals surface area (Å²) in [5.41, 5.74) is 0.729. The molecule has 0 bridgehead atoms. The van der Waals surface area contributed by atoms with E-state index in [9.17, 15) is 4.79 Å². The molecule has 0 saturated carbocycles. The first kappa shape index (κ1) is 11.3. The first-order chi connectivity index (χ1) is 7.50. The molecule has 1 heterocycles. The van der Waals surface area contributed by atoms with E-state index in [1.54, 1.807) is 35.9 Å². The SMILES string of the molecule is C[C@@H](C(=O)O)n1ccc2c(Cl)cc(Cl)cc21. The second-order valence-corrected chi connectivity index (χ2v) is 4.40. The minimum atomic E-state index is -0.895. The van der Waals surface area contributed by atoms with Crippen molar-refractivity contribution >= 4 is 40.1 Å². The molecule has 0 fully saturated rings. The topological polar surface area (TPSA) is 42.2 Å². The average Bonchev–Trinajstić information content (AvgIpc) is 2.60. The van der Waals surface area contributed by atoms with Crippen molar-refractivity contribution in [2.24, 2.45) is 0 Å². The van der Waals surface area contributed by atoms with Gasteiger partial charge in [0.1, 0.15) is 6.04 Å². The van der Waals surface area contributed by atoms with E-state index in [1.165, 1.54) is 0 Å². The molecule has 5 heteroatoms. The van der Waals surface area contributed by atoms with Crippen molar-refractivity contribution in [2.75, 3.05) is 0 Å². The lowest BCUT2D eigenvalue weighted by molar-refractivity contribution is -0.140. The summed E-state index contributed by atoms with van der Waals surface area (Å²) in [7, 11) is 0. The molecular formula is C11H9Cl2NO2. The van der Waals surface area contributed by atoms with E-state index in [-0.39, 0.29) is 0 Å². The van der Waals surface area contributed by atoms with Gasteiger partial charge in [0.2, 0.25) is 0 Å². The molecule has 0 aliphatic heterocycles. The van der Waals surface area contributed by atoms with Crippen LogP contribution in [0.1, 0.15) is 13.0 Å². The third kappa shape index (κ3) is 1.77. The Bertz CT molecular complexity index is 562. The first-order valence-electron chi connectivity index (χ1n) is 4.69. The van der Waals surface area contributed by atoms with Gasteiger partial charge in [-0.25, -0.2) is 4.79 Å². The Labute approximate surface area is 102 Å². The first-order valence-corrected chi connectivity index (χ1v) is 5.44. The summed E-state index contributed by atoms with van der Waals surface area (Å²) in [5, 5.41) is 10.8. The summed E-state index contributed by atoms with van der Waals surface area (Å²) < 4.78 is 1.63. The molecule has 16 heavy (non-hydrogen) atoms. The fourth-order valence-electron chi connectivity index (χ4n) is 1.64. The number of carboxylic acid groups (broad SMARTS) is 1. The van der Waals surface area contributed by atoms with E-state index >= 15 is 0 Å². The monoisotopic (exact) mass is 257 g/mol. The summed E-state index contributed by atoms with van der Waals surface area (Å²) in [6, 6.07) is 4.49. The molecule has 0 aliphatic carbocycles. The number of carboxylic acids is 1. The summed E-state index contributed by atoms with van der Waals surface area (Å²) in [4.78, 5) is 10.9. The predicted molar refractivity (Wildman–Crippen MR) is 64.3 cm³/mol. The van der Waals surface area contributed by atoms with Gasteiger partial charge in [0.15, 0.2) is 0 Å². The fourth-order valence-corrected chi connectivity index (χ4v) is 2.19. The van der Waals surface area contributed by atoms with E-state index in [2.05, 4.69) is 0 Å². The molecule has 0 unspecified atom stereocenters. The van der Waals surface area contributed by atoms with E-state index in [0.29, 0.717) is 10.0 Å². The predicted octanol–water partition coefficient (Wildman–Crippen LogP) is 3.59.